The number of hydrogen-bond acceptors (Lipinski definition) is 3. The van der Waals surface area contributed by atoms with Crippen molar-refractivity contribution in [2.45, 2.75) is 84.9 Å². The highest BCUT2D eigenvalue weighted by Gasteiger charge is 2.37. The standard InChI is InChI=1S/C14H18F3NO.C8H16O/c1-4-6-7-19-11-8-12(14(15,16)17)10(3)13(9-11)18-5-2;1-3-4-7-5-8(2,9)6-7/h5,8-9H,4,6-7H2,1-3H3;7,9H,3-6H2,1-2H3. The molecule has 1 aromatic carbocycles. The second kappa shape index (κ2) is 10.8. The van der Waals surface area contributed by atoms with Crippen molar-refractivity contribution in [2.75, 3.05) is 6.61 Å². The molecule has 6 heteroatoms. The van der Waals surface area contributed by atoms with E-state index in [9.17, 15) is 18.3 Å². The minimum absolute atomic E-state index is 0.119. The van der Waals surface area contributed by atoms with E-state index < -0.39 is 11.7 Å². The smallest absolute Gasteiger partial charge is 0.416 e. The van der Waals surface area contributed by atoms with Crippen LogP contribution in [0.3, 0.4) is 0 Å². The number of aliphatic hydroxyl groups is 1. The summed E-state index contributed by atoms with van der Waals surface area (Å²) in [4.78, 5) is 3.96. The molecule has 1 N–H and O–H groups in total. The third-order valence-corrected chi connectivity index (χ3v) is 4.85. The molecule has 0 atom stereocenters. The van der Waals surface area contributed by atoms with Crippen molar-refractivity contribution < 1.29 is 23.0 Å². The molecule has 0 heterocycles. The van der Waals surface area contributed by atoms with Crippen molar-refractivity contribution in [1.82, 2.24) is 0 Å². The van der Waals surface area contributed by atoms with Gasteiger partial charge in [-0.1, -0.05) is 33.1 Å². The second-order valence-electron chi connectivity index (χ2n) is 7.76. The molecule has 0 radical (unpaired) electrons. The number of alkyl halides is 3. The lowest BCUT2D eigenvalue weighted by atomic mass is 9.70. The number of rotatable bonds is 7. The van der Waals surface area contributed by atoms with Crippen molar-refractivity contribution in [2.24, 2.45) is 10.9 Å². The van der Waals surface area contributed by atoms with Gasteiger partial charge in [0, 0.05) is 12.3 Å². The van der Waals surface area contributed by atoms with Crippen molar-refractivity contribution in [3.63, 3.8) is 0 Å². The Balaban J connectivity index is 0.000000362. The number of ether oxygens (including phenoxy) is 1. The maximum atomic E-state index is 12.9. The van der Waals surface area contributed by atoms with Crippen LogP contribution in [0, 0.1) is 12.8 Å². The summed E-state index contributed by atoms with van der Waals surface area (Å²) in [5.41, 5.74) is -0.584. The van der Waals surface area contributed by atoms with Gasteiger partial charge in [0.05, 0.1) is 23.5 Å². The van der Waals surface area contributed by atoms with Crippen LogP contribution in [-0.4, -0.2) is 23.5 Å². The van der Waals surface area contributed by atoms with Crippen molar-refractivity contribution >= 4 is 11.9 Å². The lowest BCUT2D eigenvalue weighted by Gasteiger charge is -2.40. The molecule has 0 saturated heterocycles. The molecule has 0 bridgehead atoms. The van der Waals surface area contributed by atoms with Gasteiger partial charge < -0.3 is 9.84 Å². The SMILES string of the molecule is CC=Nc1cc(OCCCC)cc(C(F)(F)F)c1C.CCCC1CC(C)(O)C1. The number of unbranched alkanes of at least 4 members (excludes halogenated alkanes) is 1. The Morgan fingerprint density at radius 1 is 1.25 bits per heavy atom. The third kappa shape index (κ3) is 7.82. The summed E-state index contributed by atoms with van der Waals surface area (Å²) in [6, 6.07) is 2.58. The number of hydrogen-bond donors (Lipinski definition) is 1. The first-order valence-corrected chi connectivity index (χ1v) is 10.1. The first-order valence-electron chi connectivity index (χ1n) is 10.1. The minimum Gasteiger partial charge on any atom is -0.494 e. The van der Waals surface area contributed by atoms with Crippen molar-refractivity contribution in [3.8, 4) is 5.75 Å². The average Bonchev–Trinajstić information content (AvgIpc) is 2.56. The van der Waals surface area contributed by atoms with Crippen molar-refractivity contribution in [1.29, 1.82) is 0 Å². The van der Waals surface area contributed by atoms with Crippen LogP contribution < -0.4 is 4.74 Å². The normalized spacial score (nSPS) is 21.8. The van der Waals surface area contributed by atoms with Crippen LogP contribution in [0.4, 0.5) is 18.9 Å². The predicted octanol–water partition coefficient (Wildman–Crippen LogP) is 6.86. The molecular weight excluding hydrogens is 367 g/mol. The fourth-order valence-electron chi connectivity index (χ4n) is 3.45. The molecule has 1 aliphatic carbocycles. The molecule has 3 nitrogen and oxygen atoms in total. The topological polar surface area (TPSA) is 41.8 Å². The first kappa shape index (κ1) is 24.5. The Morgan fingerprint density at radius 3 is 2.36 bits per heavy atom. The van der Waals surface area contributed by atoms with E-state index in [1.165, 1.54) is 26.0 Å². The van der Waals surface area contributed by atoms with E-state index in [1.54, 1.807) is 13.0 Å². The van der Waals surface area contributed by atoms with Gasteiger partial charge in [0.2, 0.25) is 0 Å². The molecule has 1 fully saturated rings. The van der Waals surface area contributed by atoms with Crippen molar-refractivity contribution in [3.05, 3.63) is 23.3 Å². The van der Waals surface area contributed by atoms with Gasteiger partial charge in [-0.05, 0) is 57.6 Å². The van der Waals surface area contributed by atoms with E-state index in [2.05, 4.69) is 11.9 Å². The molecule has 1 aliphatic rings. The van der Waals surface area contributed by atoms with E-state index in [4.69, 9.17) is 4.74 Å². The molecule has 0 spiro atoms. The zero-order valence-electron chi connectivity index (χ0n) is 17.7. The van der Waals surface area contributed by atoms with Gasteiger partial charge in [-0.25, -0.2) is 0 Å². The molecule has 0 amide bonds. The maximum absolute atomic E-state index is 12.9. The largest absolute Gasteiger partial charge is 0.494 e. The Bertz CT molecular complexity index is 631. The van der Waals surface area contributed by atoms with E-state index in [0.717, 1.165) is 37.7 Å². The van der Waals surface area contributed by atoms with Gasteiger partial charge in [0.1, 0.15) is 5.75 Å². The van der Waals surface area contributed by atoms with Gasteiger partial charge in [0.25, 0.3) is 0 Å². The van der Waals surface area contributed by atoms with Crippen LogP contribution in [0.15, 0.2) is 17.1 Å². The number of aliphatic imine (C=N–C) groups is 1. The highest BCUT2D eigenvalue weighted by atomic mass is 19.4. The number of nitrogens with zero attached hydrogens (tertiary/aromatic N) is 1. The summed E-state index contributed by atoms with van der Waals surface area (Å²) in [5.74, 6) is 1.04. The Kier molecular flexibility index (Phi) is 9.48. The van der Waals surface area contributed by atoms with Gasteiger partial charge in [-0.15, -0.1) is 0 Å². The van der Waals surface area contributed by atoms with E-state index in [1.807, 2.05) is 13.8 Å². The molecule has 2 rings (SSSR count). The summed E-state index contributed by atoms with van der Waals surface area (Å²) < 4.78 is 44.1. The lowest BCUT2D eigenvalue weighted by molar-refractivity contribution is -0.138. The highest BCUT2D eigenvalue weighted by Crippen LogP contribution is 2.40. The van der Waals surface area contributed by atoms with E-state index in [-0.39, 0.29) is 16.9 Å². The molecular formula is C22H34F3NO2. The number of benzene rings is 1. The van der Waals surface area contributed by atoms with Crippen LogP contribution >= 0.6 is 0 Å². The highest BCUT2D eigenvalue weighted by molar-refractivity contribution is 5.65. The average molecular weight is 402 g/mol. The van der Waals surface area contributed by atoms with Gasteiger partial charge >= 0.3 is 6.18 Å². The zero-order valence-corrected chi connectivity index (χ0v) is 17.7. The summed E-state index contributed by atoms with van der Waals surface area (Å²) >= 11 is 0. The molecule has 28 heavy (non-hydrogen) atoms. The van der Waals surface area contributed by atoms with Gasteiger partial charge in [-0.3, -0.25) is 4.99 Å². The molecule has 1 aromatic rings. The summed E-state index contributed by atoms with van der Waals surface area (Å²) in [6.45, 7) is 9.61. The number of halogens is 3. The van der Waals surface area contributed by atoms with Crippen LogP contribution in [0.2, 0.25) is 0 Å². The first-order chi connectivity index (χ1) is 13.0. The lowest BCUT2D eigenvalue weighted by Crippen LogP contribution is -2.40. The fourth-order valence-corrected chi connectivity index (χ4v) is 3.45. The van der Waals surface area contributed by atoms with Crippen LogP contribution in [0.5, 0.6) is 5.75 Å². The quantitative estimate of drug-likeness (QED) is 0.400. The Labute approximate surface area is 167 Å². The predicted molar refractivity (Wildman–Crippen MR) is 109 cm³/mol. The molecule has 0 aromatic heterocycles. The maximum Gasteiger partial charge on any atom is 0.416 e. The monoisotopic (exact) mass is 401 g/mol. The molecule has 160 valence electrons. The van der Waals surface area contributed by atoms with Crippen LogP contribution in [0.25, 0.3) is 0 Å². The van der Waals surface area contributed by atoms with Gasteiger partial charge in [-0.2, -0.15) is 13.2 Å². The summed E-state index contributed by atoms with van der Waals surface area (Å²) in [7, 11) is 0. The van der Waals surface area contributed by atoms with Crippen LogP contribution in [0.1, 0.15) is 77.3 Å². The molecule has 0 aliphatic heterocycles. The van der Waals surface area contributed by atoms with Gasteiger partial charge in [0.15, 0.2) is 0 Å². The third-order valence-electron chi connectivity index (χ3n) is 4.85. The summed E-state index contributed by atoms with van der Waals surface area (Å²) in [5, 5.41) is 9.31. The molecule has 1 saturated carbocycles. The minimum atomic E-state index is -4.40. The summed E-state index contributed by atoms with van der Waals surface area (Å²) in [6.07, 6.45) is 3.43. The molecule has 0 unspecified atom stereocenters. The second-order valence-corrected chi connectivity index (χ2v) is 7.76. The Morgan fingerprint density at radius 2 is 1.89 bits per heavy atom. The zero-order chi connectivity index (χ0) is 21.4. The van der Waals surface area contributed by atoms with E-state index >= 15 is 0 Å². The fraction of sp³-hybridized carbons (Fsp3) is 0.682. The van der Waals surface area contributed by atoms with E-state index in [0.29, 0.717) is 12.3 Å². The van der Waals surface area contributed by atoms with Crippen LogP contribution in [-0.2, 0) is 6.18 Å². The Hall–Kier alpha value is -1.56.